The second-order valence-electron chi connectivity index (χ2n) is 6.81. The van der Waals surface area contributed by atoms with Gasteiger partial charge in [-0.3, -0.25) is 9.78 Å². The van der Waals surface area contributed by atoms with Crippen molar-refractivity contribution in [2.75, 3.05) is 11.9 Å². The van der Waals surface area contributed by atoms with Crippen LogP contribution in [-0.4, -0.2) is 32.6 Å². The molecule has 0 saturated heterocycles. The molecule has 0 saturated carbocycles. The highest BCUT2D eigenvalue weighted by atomic mass is 19.1. The Morgan fingerprint density at radius 1 is 1.24 bits per heavy atom. The van der Waals surface area contributed by atoms with Crippen LogP contribution in [0.1, 0.15) is 28.8 Å². The van der Waals surface area contributed by atoms with Gasteiger partial charge in [-0.15, -0.1) is 0 Å². The molecule has 0 fully saturated rings. The molecular formula is C22H19FN4O2. The first-order chi connectivity index (χ1) is 14.1. The van der Waals surface area contributed by atoms with Crippen LogP contribution in [0.25, 0.3) is 22.4 Å². The fourth-order valence-electron chi connectivity index (χ4n) is 3.09. The van der Waals surface area contributed by atoms with Crippen LogP contribution in [0.15, 0.2) is 60.9 Å². The number of carbonyl (C=O) groups excluding carboxylic acids is 1. The maximum atomic E-state index is 14.4. The van der Waals surface area contributed by atoms with Crippen molar-refractivity contribution in [3.8, 4) is 11.4 Å². The number of aromatic amines is 1. The molecule has 3 N–H and O–H groups in total. The minimum atomic E-state index is -0.554. The van der Waals surface area contributed by atoms with Crippen LogP contribution in [0.5, 0.6) is 0 Å². The number of anilines is 1. The van der Waals surface area contributed by atoms with Crippen molar-refractivity contribution < 1.29 is 14.3 Å². The van der Waals surface area contributed by atoms with Crippen LogP contribution >= 0.6 is 0 Å². The van der Waals surface area contributed by atoms with E-state index in [0.717, 1.165) is 5.56 Å². The number of hydrogen-bond donors (Lipinski definition) is 3. The van der Waals surface area contributed by atoms with Gasteiger partial charge in [-0.2, -0.15) is 0 Å². The first kappa shape index (κ1) is 18.8. The van der Waals surface area contributed by atoms with E-state index in [1.807, 2.05) is 12.1 Å². The van der Waals surface area contributed by atoms with Crippen molar-refractivity contribution in [3.63, 3.8) is 0 Å². The third-order valence-electron chi connectivity index (χ3n) is 4.78. The van der Waals surface area contributed by atoms with Gasteiger partial charge in [-0.1, -0.05) is 19.1 Å². The summed E-state index contributed by atoms with van der Waals surface area (Å²) in [6.07, 6.45) is 3.36. The van der Waals surface area contributed by atoms with Gasteiger partial charge in [-0.25, -0.2) is 9.37 Å². The van der Waals surface area contributed by atoms with Gasteiger partial charge in [0.2, 0.25) is 0 Å². The number of para-hydroxylation sites is 1. The van der Waals surface area contributed by atoms with E-state index in [2.05, 4.69) is 20.3 Å². The van der Waals surface area contributed by atoms with Crippen molar-refractivity contribution in [1.29, 1.82) is 0 Å². The molecule has 1 unspecified atom stereocenters. The summed E-state index contributed by atoms with van der Waals surface area (Å²) in [5.74, 6) is -0.595. The summed E-state index contributed by atoms with van der Waals surface area (Å²) in [4.78, 5) is 24.6. The molecular weight excluding hydrogens is 371 g/mol. The molecule has 7 heteroatoms. The summed E-state index contributed by atoms with van der Waals surface area (Å²) in [6, 6.07) is 13.4. The number of amides is 1. The first-order valence-corrected chi connectivity index (χ1v) is 9.17. The van der Waals surface area contributed by atoms with E-state index in [4.69, 9.17) is 0 Å². The Hall–Kier alpha value is -3.58. The van der Waals surface area contributed by atoms with E-state index in [9.17, 15) is 14.3 Å². The van der Waals surface area contributed by atoms with Gasteiger partial charge >= 0.3 is 0 Å². The zero-order valence-electron chi connectivity index (χ0n) is 15.7. The van der Waals surface area contributed by atoms with Gasteiger partial charge < -0.3 is 15.4 Å². The zero-order valence-corrected chi connectivity index (χ0v) is 15.7. The molecule has 0 aliphatic rings. The number of hydrogen-bond acceptors (Lipinski definition) is 4. The van der Waals surface area contributed by atoms with Gasteiger partial charge in [0.25, 0.3) is 5.91 Å². The lowest BCUT2D eigenvalue weighted by molar-refractivity contribution is 0.102. The van der Waals surface area contributed by atoms with Crippen LogP contribution in [0.3, 0.4) is 0 Å². The van der Waals surface area contributed by atoms with E-state index in [1.54, 1.807) is 43.6 Å². The molecule has 1 atom stereocenters. The Morgan fingerprint density at radius 3 is 2.83 bits per heavy atom. The first-order valence-electron chi connectivity index (χ1n) is 9.17. The summed E-state index contributed by atoms with van der Waals surface area (Å²) < 4.78 is 14.4. The molecule has 0 spiro atoms. The number of carbonyl (C=O) groups is 1. The Labute approximate surface area is 166 Å². The molecule has 0 aliphatic heterocycles. The fraction of sp³-hybridized carbons (Fsp3) is 0.136. The second kappa shape index (κ2) is 7.81. The molecule has 2 aromatic heterocycles. The highest BCUT2D eigenvalue weighted by Crippen LogP contribution is 2.25. The van der Waals surface area contributed by atoms with Crippen molar-refractivity contribution in [2.45, 2.75) is 12.8 Å². The SMILES string of the molecule is CC(CO)c1ccc(NC(=O)c2cccc3[nH]c(-c4cccnc4)nc23)c(F)c1. The second-order valence-corrected chi connectivity index (χ2v) is 6.81. The number of benzene rings is 2. The molecule has 4 rings (SSSR count). The van der Waals surface area contributed by atoms with Crippen LogP contribution in [-0.2, 0) is 0 Å². The molecule has 0 aliphatic carbocycles. The summed E-state index contributed by atoms with van der Waals surface area (Å²) in [5.41, 5.74) is 3.07. The number of halogens is 1. The average Bonchev–Trinajstić information content (AvgIpc) is 3.19. The number of pyridine rings is 1. The number of aliphatic hydroxyl groups is 1. The number of nitrogens with zero attached hydrogens (tertiary/aromatic N) is 2. The monoisotopic (exact) mass is 390 g/mol. The van der Waals surface area contributed by atoms with Crippen LogP contribution < -0.4 is 5.32 Å². The van der Waals surface area contributed by atoms with Crippen molar-refractivity contribution in [1.82, 2.24) is 15.0 Å². The molecule has 6 nitrogen and oxygen atoms in total. The van der Waals surface area contributed by atoms with E-state index >= 15 is 0 Å². The average molecular weight is 390 g/mol. The number of H-pyrrole nitrogens is 1. The highest BCUT2D eigenvalue weighted by Gasteiger charge is 2.17. The third-order valence-corrected chi connectivity index (χ3v) is 4.78. The highest BCUT2D eigenvalue weighted by molar-refractivity contribution is 6.11. The minimum absolute atomic E-state index is 0.0731. The molecule has 0 radical (unpaired) electrons. The molecule has 4 aromatic rings. The topological polar surface area (TPSA) is 90.9 Å². The number of nitrogens with one attached hydrogen (secondary N) is 2. The Balaban J connectivity index is 1.65. The summed E-state index contributed by atoms with van der Waals surface area (Å²) in [7, 11) is 0. The molecule has 146 valence electrons. The number of aliphatic hydroxyl groups excluding tert-OH is 1. The lowest BCUT2D eigenvalue weighted by Gasteiger charge is -2.11. The number of rotatable bonds is 5. The number of fused-ring (bicyclic) bond motifs is 1. The smallest absolute Gasteiger partial charge is 0.258 e. The summed E-state index contributed by atoms with van der Waals surface area (Å²) in [6.45, 7) is 1.72. The quantitative estimate of drug-likeness (QED) is 0.478. The normalized spacial score (nSPS) is 12.1. The predicted molar refractivity (Wildman–Crippen MR) is 109 cm³/mol. The lowest BCUT2D eigenvalue weighted by Crippen LogP contribution is -2.14. The van der Waals surface area contributed by atoms with Gasteiger partial charge in [0, 0.05) is 30.5 Å². The largest absolute Gasteiger partial charge is 0.396 e. The van der Waals surface area contributed by atoms with E-state index in [0.29, 0.717) is 28.0 Å². The molecule has 1 amide bonds. The van der Waals surface area contributed by atoms with Gasteiger partial charge in [0.1, 0.15) is 17.2 Å². The van der Waals surface area contributed by atoms with E-state index in [-0.39, 0.29) is 18.2 Å². The van der Waals surface area contributed by atoms with Gasteiger partial charge in [-0.05, 0) is 42.0 Å². The maximum absolute atomic E-state index is 14.4. The standard InChI is InChI=1S/C22H19FN4O2/c1-13(12-28)14-7-8-18(17(23)10-14)26-22(29)16-5-2-6-19-20(16)27-21(25-19)15-4-3-9-24-11-15/h2-11,13,28H,12H2,1H3,(H,25,27)(H,26,29). The Morgan fingerprint density at radius 2 is 2.10 bits per heavy atom. The van der Waals surface area contributed by atoms with Crippen LogP contribution in [0.2, 0.25) is 0 Å². The van der Waals surface area contributed by atoms with Crippen LogP contribution in [0.4, 0.5) is 10.1 Å². The third kappa shape index (κ3) is 3.72. The van der Waals surface area contributed by atoms with Gasteiger partial charge in [0.05, 0.1) is 16.8 Å². The zero-order chi connectivity index (χ0) is 20.4. The summed E-state index contributed by atoms with van der Waals surface area (Å²) >= 11 is 0. The van der Waals surface area contributed by atoms with Crippen LogP contribution in [0, 0.1) is 5.82 Å². The number of aromatic nitrogens is 3. The Kier molecular flexibility index (Phi) is 5.05. The maximum Gasteiger partial charge on any atom is 0.258 e. The fourth-order valence-corrected chi connectivity index (χ4v) is 3.09. The molecule has 2 heterocycles. The lowest BCUT2D eigenvalue weighted by atomic mass is 10.0. The minimum Gasteiger partial charge on any atom is -0.396 e. The van der Waals surface area contributed by atoms with Crippen molar-refractivity contribution >= 4 is 22.6 Å². The van der Waals surface area contributed by atoms with E-state index in [1.165, 1.54) is 12.1 Å². The molecule has 0 bridgehead atoms. The number of imidazole rings is 1. The Bertz CT molecular complexity index is 1170. The molecule has 29 heavy (non-hydrogen) atoms. The molecule has 2 aromatic carbocycles. The summed E-state index contributed by atoms with van der Waals surface area (Å²) in [5, 5.41) is 11.8. The van der Waals surface area contributed by atoms with Crippen molar-refractivity contribution in [3.05, 3.63) is 77.9 Å². The van der Waals surface area contributed by atoms with E-state index < -0.39 is 11.7 Å². The van der Waals surface area contributed by atoms with Gasteiger partial charge in [0.15, 0.2) is 0 Å². The predicted octanol–water partition coefficient (Wildman–Crippen LogP) is 4.11. The van der Waals surface area contributed by atoms with Crippen molar-refractivity contribution in [2.24, 2.45) is 0 Å².